The Morgan fingerprint density at radius 1 is 0.846 bits per heavy atom. The van der Waals surface area contributed by atoms with Crippen LogP contribution in [-0.2, 0) is 6.54 Å². The molecule has 0 spiro atoms. The first kappa shape index (κ1) is 16.7. The van der Waals surface area contributed by atoms with Crippen LogP contribution >= 0.6 is 0 Å². The molecule has 0 radical (unpaired) electrons. The van der Waals surface area contributed by atoms with Crippen molar-refractivity contribution in [3.05, 3.63) is 86.7 Å². The standard InChI is InChI=1S/C22H22N2O2/c25-21-19(17-9-5-2-6-10-17)20(22(21)26)23-18-11-13-24(14-12-18)15-16-7-3-1-4-8-16/h1-10,18,23H,11-15H2. The molecule has 0 aromatic heterocycles. The number of rotatable bonds is 5. The van der Waals surface area contributed by atoms with E-state index in [2.05, 4.69) is 34.5 Å². The number of nitrogens with one attached hydrogen (secondary N) is 1. The van der Waals surface area contributed by atoms with E-state index in [0.717, 1.165) is 38.0 Å². The normalized spacial score (nSPS) is 16.0. The van der Waals surface area contributed by atoms with E-state index in [9.17, 15) is 9.59 Å². The van der Waals surface area contributed by atoms with E-state index in [4.69, 9.17) is 0 Å². The average molecular weight is 346 g/mol. The fourth-order valence-electron chi connectivity index (χ4n) is 3.69. The van der Waals surface area contributed by atoms with Gasteiger partial charge in [-0.2, -0.15) is 0 Å². The second kappa shape index (κ2) is 7.26. The van der Waals surface area contributed by atoms with Gasteiger partial charge in [0.05, 0.1) is 11.3 Å². The Labute approximate surface area is 152 Å². The molecule has 26 heavy (non-hydrogen) atoms. The molecule has 4 rings (SSSR count). The van der Waals surface area contributed by atoms with Crippen molar-refractivity contribution in [1.29, 1.82) is 0 Å². The molecule has 1 N–H and O–H groups in total. The summed E-state index contributed by atoms with van der Waals surface area (Å²) in [6.07, 6.45) is 1.94. The Morgan fingerprint density at radius 2 is 1.46 bits per heavy atom. The van der Waals surface area contributed by atoms with Crippen molar-refractivity contribution in [2.24, 2.45) is 0 Å². The van der Waals surface area contributed by atoms with Crippen LogP contribution in [-0.4, -0.2) is 24.0 Å². The van der Waals surface area contributed by atoms with Gasteiger partial charge in [0.15, 0.2) is 0 Å². The topological polar surface area (TPSA) is 49.4 Å². The van der Waals surface area contributed by atoms with Gasteiger partial charge >= 0.3 is 0 Å². The summed E-state index contributed by atoms with van der Waals surface area (Å²) in [5.74, 6) is 0. The molecule has 0 bridgehead atoms. The predicted octanol–water partition coefficient (Wildman–Crippen LogP) is 3.03. The summed E-state index contributed by atoms with van der Waals surface area (Å²) in [5.41, 5.74) is 2.44. The van der Waals surface area contributed by atoms with Crippen LogP contribution in [0.15, 0.2) is 70.3 Å². The number of nitrogens with zero attached hydrogens (tertiary/aromatic N) is 1. The highest BCUT2D eigenvalue weighted by Gasteiger charge is 2.26. The minimum atomic E-state index is -0.379. The summed E-state index contributed by atoms with van der Waals surface area (Å²) >= 11 is 0. The number of hydrogen-bond acceptors (Lipinski definition) is 4. The minimum Gasteiger partial charge on any atom is -0.378 e. The molecule has 0 unspecified atom stereocenters. The summed E-state index contributed by atoms with van der Waals surface area (Å²) in [5, 5.41) is 3.35. The SMILES string of the molecule is O=c1c(NC2CCN(Cc3ccccc3)CC2)c(-c2ccccc2)c1=O. The molecule has 0 atom stereocenters. The lowest BCUT2D eigenvalue weighted by Gasteiger charge is -2.33. The first-order valence-electron chi connectivity index (χ1n) is 9.14. The van der Waals surface area contributed by atoms with Crippen LogP contribution in [0.5, 0.6) is 0 Å². The van der Waals surface area contributed by atoms with E-state index in [1.54, 1.807) is 0 Å². The van der Waals surface area contributed by atoms with Crippen LogP contribution in [0.2, 0.25) is 0 Å². The molecular formula is C22H22N2O2. The van der Waals surface area contributed by atoms with Crippen LogP contribution in [0.4, 0.5) is 5.69 Å². The maximum Gasteiger partial charge on any atom is 0.250 e. The van der Waals surface area contributed by atoms with E-state index >= 15 is 0 Å². The van der Waals surface area contributed by atoms with Gasteiger partial charge in [0.25, 0.3) is 0 Å². The van der Waals surface area contributed by atoms with Gasteiger partial charge in [0, 0.05) is 25.7 Å². The second-order valence-corrected chi connectivity index (χ2v) is 6.95. The highest BCUT2D eigenvalue weighted by molar-refractivity contribution is 5.81. The zero-order valence-corrected chi connectivity index (χ0v) is 14.7. The highest BCUT2D eigenvalue weighted by atomic mass is 16.2. The molecule has 1 aliphatic rings. The van der Waals surface area contributed by atoms with Crippen molar-refractivity contribution >= 4 is 5.69 Å². The Morgan fingerprint density at radius 3 is 2.12 bits per heavy atom. The average Bonchev–Trinajstić information content (AvgIpc) is 2.70. The lowest BCUT2D eigenvalue weighted by atomic mass is 9.96. The van der Waals surface area contributed by atoms with Crippen LogP contribution in [0.3, 0.4) is 0 Å². The van der Waals surface area contributed by atoms with E-state index in [1.165, 1.54) is 5.56 Å². The summed E-state index contributed by atoms with van der Waals surface area (Å²) in [6, 6.07) is 20.2. The summed E-state index contributed by atoms with van der Waals surface area (Å²) in [6.45, 7) is 2.94. The molecule has 3 aromatic rings. The molecule has 4 heteroatoms. The smallest absolute Gasteiger partial charge is 0.250 e. The summed E-state index contributed by atoms with van der Waals surface area (Å²) in [4.78, 5) is 26.5. The Hall–Kier alpha value is -2.72. The van der Waals surface area contributed by atoms with Crippen molar-refractivity contribution in [2.75, 3.05) is 18.4 Å². The van der Waals surface area contributed by atoms with Crippen LogP contribution in [0.25, 0.3) is 11.1 Å². The number of benzene rings is 2. The van der Waals surface area contributed by atoms with Gasteiger partial charge in [0.2, 0.25) is 10.9 Å². The van der Waals surface area contributed by atoms with Gasteiger partial charge in [0.1, 0.15) is 0 Å². The molecule has 1 heterocycles. The van der Waals surface area contributed by atoms with Gasteiger partial charge in [-0.05, 0) is 24.0 Å². The van der Waals surface area contributed by atoms with Crippen molar-refractivity contribution in [3.63, 3.8) is 0 Å². The Bertz CT molecular complexity index is 935. The minimum absolute atomic E-state index is 0.243. The van der Waals surface area contributed by atoms with E-state index in [0.29, 0.717) is 11.3 Å². The van der Waals surface area contributed by atoms with Crippen molar-refractivity contribution in [2.45, 2.75) is 25.4 Å². The predicted molar refractivity (Wildman–Crippen MR) is 105 cm³/mol. The first-order valence-corrected chi connectivity index (χ1v) is 9.14. The maximum absolute atomic E-state index is 12.0. The molecule has 132 valence electrons. The van der Waals surface area contributed by atoms with Crippen LogP contribution < -0.4 is 16.2 Å². The molecule has 0 amide bonds. The molecule has 1 saturated heterocycles. The summed E-state index contributed by atoms with van der Waals surface area (Å²) < 4.78 is 0. The number of likely N-dealkylation sites (tertiary alicyclic amines) is 1. The third-order valence-corrected chi connectivity index (χ3v) is 5.16. The number of hydrogen-bond donors (Lipinski definition) is 1. The van der Waals surface area contributed by atoms with Crippen molar-refractivity contribution < 1.29 is 0 Å². The van der Waals surface area contributed by atoms with Crippen molar-refractivity contribution in [3.8, 4) is 11.1 Å². The van der Waals surface area contributed by atoms with Gasteiger partial charge in [-0.15, -0.1) is 0 Å². The molecular weight excluding hydrogens is 324 g/mol. The second-order valence-electron chi connectivity index (χ2n) is 6.95. The maximum atomic E-state index is 12.0. The molecule has 3 aromatic carbocycles. The third kappa shape index (κ3) is 3.33. The molecule has 0 saturated carbocycles. The fraction of sp³-hybridized carbons (Fsp3) is 0.273. The lowest BCUT2D eigenvalue weighted by Crippen LogP contribution is -2.43. The zero-order valence-electron chi connectivity index (χ0n) is 14.7. The van der Waals surface area contributed by atoms with Crippen LogP contribution in [0.1, 0.15) is 18.4 Å². The zero-order chi connectivity index (χ0) is 17.9. The quantitative estimate of drug-likeness (QED) is 0.722. The van der Waals surface area contributed by atoms with Crippen molar-refractivity contribution in [1.82, 2.24) is 4.90 Å². The molecule has 1 fully saturated rings. The van der Waals surface area contributed by atoms with E-state index < -0.39 is 0 Å². The molecule has 0 aliphatic carbocycles. The monoisotopic (exact) mass is 346 g/mol. The van der Waals surface area contributed by atoms with Gasteiger partial charge in [-0.1, -0.05) is 60.7 Å². The lowest BCUT2D eigenvalue weighted by molar-refractivity contribution is 0.211. The van der Waals surface area contributed by atoms with Gasteiger partial charge < -0.3 is 5.32 Å². The molecule has 1 aliphatic heterocycles. The van der Waals surface area contributed by atoms with Gasteiger partial charge in [-0.25, -0.2) is 0 Å². The Balaban J connectivity index is 1.39. The van der Waals surface area contributed by atoms with Crippen LogP contribution in [0, 0.1) is 0 Å². The van der Waals surface area contributed by atoms with E-state index in [-0.39, 0.29) is 16.9 Å². The largest absolute Gasteiger partial charge is 0.378 e. The fourth-order valence-corrected chi connectivity index (χ4v) is 3.69. The highest BCUT2D eigenvalue weighted by Crippen LogP contribution is 2.25. The van der Waals surface area contributed by atoms with Gasteiger partial charge in [-0.3, -0.25) is 14.5 Å². The Kier molecular flexibility index (Phi) is 4.67. The summed E-state index contributed by atoms with van der Waals surface area (Å²) in [7, 11) is 0. The number of anilines is 1. The molecule has 4 nitrogen and oxygen atoms in total. The van der Waals surface area contributed by atoms with E-state index in [1.807, 2.05) is 36.4 Å². The third-order valence-electron chi connectivity index (χ3n) is 5.16. The number of piperidine rings is 1. The first-order chi connectivity index (χ1) is 12.7.